The van der Waals surface area contributed by atoms with Crippen LogP contribution >= 0.6 is 34.8 Å². The number of carbonyl (C=O) groups is 1. The summed E-state index contributed by atoms with van der Waals surface area (Å²) in [5.41, 5.74) is 10.3. The Morgan fingerprint density at radius 1 is 0.879 bits per heavy atom. The molecule has 0 radical (unpaired) electrons. The molecular formula is C24H16Cl3N5O. The Kier molecular flexibility index (Phi) is 5.58. The van der Waals surface area contributed by atoms with Crippen molar-refractivity contribution in [3.05, 3.63) is 92.9 Å². The van der Waals surface area contributed by atoms with Crippen molar-refractivity contribution in [2.45, 2.75) is 6.54 Å². The summed E-state index contributed by atoms with van der Waals surface area (Å²) in [6.45, 7) is 0.235. The predicted octanol–water partition coefficient (Wildman–Crippen LogP) is 6.05. The number of nitrogen functional groups attached to an aromatic ring is 1. The molecular weight excluding hydrogens is 481 g/mol. The van der Waals surface area contributed by atoms with Crippen LogP contribution in [0.2, 0.25) is 15.1 Å². The second-order valence-electron chi connectivity index (χ2n) is 7.35. The highest BCUT2D eigenvalue weighted by molar-refractivity contribution is 6.42. The van der Waals surface area contributed by atoms with Crippen LogP contribution in [-0.4, -0.2) is 20.4 Å². The summed E-state index contributed by atoms with van der Waals surface area (Å²) in [6.07, 6.45) is 0. The molecule has 9 heteroatoms. The largest absolute Gasteiger partial charge is 0.384 e. The summed E-state index contributed by atoms with van der Waals surface area (Å²) in [5.74, 6) is -0.198. The van der Waals surface area contributed by atoms with Gasteiger partial charge in [0.25, 0.3) is 5.91 Å². The van der Waals surface area contributed by atoms with Crippen LogP contribution in [0.1, 0.15) is 15.9 Å². The Bertz CT molecular complexity index is 1550. The molecule has 5 aromatic rings. The molecule has 0 spiro atoms. The number of anilines is 1. The van der Waals surface area contributed by atoms with Crippen LogP contribution in [0.25, 0.3) is 27.9 Å². The molecule has 33 heavy (non-hydrogen) atoms. The number of nitrogens with two attached hydrogens (primary N) is 1. The van der Waals surface area contributed by atoms with Crippen LogP contribution in [0.5, 0.6) is 0 Å². The number of amides is 1. The van der Waals surface area contributed by atoms with E-state index in [0.717, 1.165) is 5.56 Å². The second kappa shape index (κ2) is 8.56. The van der Waals surface area contributed by atoms with Gasteiger partial charge in [-0.3, -0.25) is 9.36 Å². The molecule has 2 heterocycles. The number of aromatic nitrogens is 3. The van der Waals surface area contributed by atoms with Crippen LogP contribution in [0, 0.1) is 0 Å². The van der Waals surface area contributed by atoms with Crippen LogP contribution in [0.4, 0.5) is 5.82 Å². The van der Waals surface area contributed by atoms with E-state index in [1.807, 2.05) is 42.5 Å². The molecule has 0 atom stereocenters. The quantitative estimate of drug-likeness (QED) is 0.317. The minimum atomic E-state index is -0.388. The van der Waals surface area contributed by atoms with E-state index >= 15 is 0 Å². The minimum Gasteiger partial charge on any atom is -0.384 e. The third kappa shape index (κ3) is 3.86. The van der Waals surface area contributed by atoms with Gasteiger partial charge in [0.05, 0.1) is 26.8 Å². The number of carbonyl (C=O) groups excluding carboxylic acids is 1. The molecule has 0 aliphatic carbocycles. The van der Waals surface area contributed by atoms with Crippen molar-refractivity contribution in [3.8, 4) is 5.69 Å². The maximum absolute atomic E-state index is 13.3. The fourth-order valence-electron chi connectivity index (χ4n) is 3.68. The number of hydrogen-bond donors (Lipinski definition) is 2. The fourth-order valence-corrected chi connectivity index (χ4v) is 4.17. The first kappa shape index (κ1) is 21.5. The van der Waals surface area contributed by atoms with Crippen molar-refractivity contribution in [3.63, 3.8) is 0 Å². The zero-order chi connectivity index (χ0) is 23.1. The van der Waals surface area contributed by atoms with E-state index in [2.05, 4.69) is 5.32 Å². The summed E-state index contributed by atoms with van der Waals surface area (Å²) in [7, 11) is 0. The molecule has 164 valence electrons. The molecule has 0 aliphatic rings. The summed E-state index contributed by atoms with van der Waals surface area (Å²) in [5, 5.41) is 4.22. The van der Waals surface area contributed by atoms with Gasteiger partial charge < -0.3 is 11.1 Å². The van der Waals surface area contributed by atoms with E-state index < -0.39 is 0 Å². The van der Waals surface area contributed by atoms with E-state index in [4.69, 9.17) is 50.5 Å². The first-order valence-corrected chi connectivity index (χ1v) is 11.1. The van der Waals surface area contributed by atoms with Gasteiger partial charge in [-0.25, -0.2) is 9.97 Å². The van der Waals surface area contributed by atoms with E-state index in [0.29, 0.717) is 43.0 Å². The average Bonchev–Trinajstić information content (AvgIpc) is 3.09. The molecule has 2 aromatic heterocycles. The number of nitrogens with zero attached hydrogens (tertiary/aromatic N) is 3. The number of fused-ring (bicyclic) bond motifs is 2. The highest BCUT2D eigenvalue weighted by Gasteiger charge is 2.25. The summed E-state index contributed by atoms with van der Waals surface area (Å²) < 4.78 is 1.65. The lowest BCUT2D eigenvalue weighted by molar-refractivity contribution is 0.0953. The number of rotatable bonds is 4. The molecule has 0 aliphatic heterocycles. The third-order valence-corrected chi connectivity index (χ3v) is 6.39. The van der Waals surface area contributed by atoms with Gasteiger partial charge in [-0.1, -0.05) is 65.1 Å². The van der Waals surface area contributed by atoms with Crippen molar-refractivity contribution in [1.82, 2.24) is 19.9 Å². The van der Waals surface area contributed by atoms with Gasteiger partial charge in [0.15, 0.2) is 5.65 Å². The third-order valence-electron chi connectivity index (χ3n) is 5.28. The summed E-state index contributed by atoms with van der Waals surface area (Å²) >= 11 is 18.6. The van der Waals surface area contributed by atoms with Crippen LogP contribution in [-0.2, 0) is 6.54 Å². The highest BCUT2D eigenvalue weighted by Crippen LogP contribution is 2.33. The smallest absolute Gasteiger partial charge is 0.257 e. The molecule has 5 rings (SSSR count). The Morgan fingerprint density at radius 3 is 2.30 bits per heavy atom. The topological polar surface area (TPSA) is 85.8 Å². The Hall–Kier alpha value is -3.32. The van der Waals surface area contributed by atoms with Crippen LogP contribution in [0.15, 0.2) is 66.7 Å². The minimum absolute atomic E-state index is 0.190. The van der Waals surface area contributed by atoms with Gasteiger partial charge in [-0.05, 0) is 42.0 Å². The number of benzene rings is 3. The fraction of sp³-hybridized carbons (Fsp3) is 0.0417. The van der Waals surface area contributed by atoms with Crippen LogP contribution < -0.4 is 11.1 Å². The molecule has 0 unspecified atom stereocenters. The first-order valence-electron chi connectivity index (χ1n) is 9.97. The predicted molar refractivity (Wildman–Crippen MR) is 133 cm³/mol. The lowest BCUT2D eigenvalue weighted by atomic mass is 10.2. The van der Waals surface area contributed by atoms with E-state index in [-0.39, 0.29) is 23.8 Å². The van der Waals surface area contributed by atoms with Crippen molar-refractivity contribution < 1.29 is 4.79 Å². The van der Waals surface area contributed by atoms with Crippen molar-refractivity contribution in [1.29, 1.82) is 0 Å². The normalized spacial score (nSPS) is 11.2. The van der Waals surface area contributed by atoms with Crippen molar-refractivity contribution >= 4 is 68.7 Å². The molecule has 3 N–H and O–H groups in total. The lowest BCUT2D eigenvalue weighted by Crippen LogP contribution is -2.24. The lowest BCUT2D eigenvalue weighted by Gasteiger charge is -2.09. The molecule has 0 saturated heterocycles. The molecule has 3 aromatic carbocycles. The van der Waals surface area contributed by atoms with Gasteiger partial charge in [0.2, 0.25) is 0 Å². The second-order valence-corrected chi connectivity index (χ2v) is 8.57. The standard InChI is InChI=1S/C24H16Cl3N5O/c25-15-6-2-1-5-13(15)12-29-24(33)20-21-23(31-19-8-4-3-7-18(19)30-21)32(22(20)28)14-9-10-16(26)17(27)11-14/h1-11H,12,28H2,(H,29,33). The first-order chi connectivity index (χ1) is 15.9. The van der Waals surface area contributed by atoms with Gasteiger partial charge >= 0.3 is 0 Å². The van der Waals surface area contributed by atoms with Crippen LogP contribution in [0.3, 0.4) is 0 Å². The number of hydrogen-bond acceptors (Lipinski definition) is 4. The average molecular weight is 497 g/mol. The Labute approximate surface area is 203 Å². The van der Waals surface area contributed by atoms with E-state index in [1.54, 1.807) is 28.8 Å². The maximum atomic E-state index is 13.3. The van der Waals surface area contributed by atoms with Gasteiger partial charge in [-0.15, -0.1) is 0 Å². The van der Waals surface area contributed by atoms with Gasteiger partial charge in [0, 0.05) is 11.6 Å². The molecule has 0 saturated carbocycles. The summed E-state index contributed by atoms with van der Waals surface area (Å²) in [6, 6.07) is 19.8. The zero-order valence-corrected chi connectivity index (χ0v) is 19.3. The number of para-hydroxylation sites is 2. The molecule has 0 bridgehead atoms. The van der Waals surface area contributed by atoms with Gasteiger partial charge in [-0.2, -0.15) is 0 Å². The van der Waals surface area contributed by atoms with E-state index in [9.17, 15) is 4.79 Å². The van der Waals surface area contributed by atoms with E-state index in [1.165, 1.54) is 0 Å². The molecule has 0 fully saturated rings. The van der Waals surface area contributed by atoms with Crippen molar-refractivity contribution in [2.75, 3.05) is 5.73 Å². The van der Waals surface area contributed by atoms with Gasteiger partial charge in [0.1, 0.15) is 16.9 Å². The highest BCUT2D eigenvalue weighted by atomic mass is 35.5. The Morgan fingerprint density at radius 2 is 1.58 bits per heavy atom. The van der Waals surface area contributed by atoms with Crippen molar-refractivity contribution in [2.24, 2.45) is 0 Å². The Balaban J connectivity index is 1.68. The maximum Gasteiger partial charge on any atom is 0.257 e. The molecule has 1 amide bonds. The molecule has 6 nitrogen and oxygen atoms in total. The number of nitrogens with one attached hydrogen (secondary N) is 1. The number of halogens is 3. The summed E-state index contributed by atoms with van der Waals surface area (Å²) in [4.78, 5) is 22.8. The monoisotopic (exact) mass is 495 g/mol. The SMILES string of the molecule is Nc1c(C(=O)NCc2ccccc2Cl)c2nc3ccccc3nc2n1-c1ccc(Cl)c(Cl)c1. The zero-order valence-electron chi connectivity index (χ0n) is 17.0.